The molecule has 33 heavy (non-hydrogen) atoms. The minimum absolute atomic E-state index is 0.107. The van der Waals surface area contributed by atoms with Gasteiger partial charge in [0.05, 0.1) is 35.8 Å². The van der Waals surface area contributed by atoms with E-state index in [2.05, 4.69) is 24.3 Å². The minimum Gasteiger partial charge on any atom is -0.383 e. The summed E-state index contributed by atoms with van der Waals surface area (Å²) >= 11 is 0. The fourth-order valence-electron chi connectivity index (χ4n) is 4.18. The van der Waals surface area contributed by atoms with Gasteiger partial charge in [-0.05, 0) is 48.7 Å². The molecule has 0 unspecified atom stereocenters. The molecule has 0 aliphatic heterocycles. The van der Waals surface area contributed by atoms with Gasteiger partial charge in [0.15, 0.2) is 0 Å². The van der Waals surface area contributed by atoms with Crippen molar-refractivity contribution in [3.63, 3.8) is 0 Å². The molecule has 1 N–H and O–H groups in total. The number of aryl methyl sites for hydroxylation is 1. The Labute approximate surface area is 190 Å². The summed E-state index contributed by atoms with van der Waals surface area (Å²) in [6.45, 7) is 2.77. The largest absolute Gasteiger partial charge is 0.416 e. The van der Waals surface area contributed by atoms with Crippen molar-refractivity contribution in [1.29, 1.82) is 5.41 Å². The van der Waals surface area contributed by atoms with Crippen molar-refractivity contribution in [1.82, 2.24) is 9.13 Å². The Balaban J connectivity index is 1.74. The lowest BCUT2D eigenvalue weighted by atomic mass is 10.0. The van der Waals surface area contributed by atoms with Crippen molar-refractivity contribution in [3.8, 4) is 0 Å². The number of benzene rings is 3. The highest BCUT2D eigenvalue weighted by atomic mass is 19.4. The topological polar surface area (TPSA) is 42.9 Å². The summed E-state index contributed by atoms with van der Waals surface area (Å²) in [5, 5.41) is 8.96. The van der Waals surface area contributed by atoms with Crippen LogP contribution in [0.3, 0.4) is 0 Å². The van der Waals surface area contributed by atoms with Crippen LogP contribution in [0, 0.1) is 12.3 Å². The van der Waals surface area contributed by atoms with Crippen LogP contribution in [0.4, 0.5) is 13.2 Å². The van der Waals surface area contributed by atoms with E-state index < -0.39 is 11.7 Å². The summed E-state index contributed by atoms with van der Waals surface area (Å²) in [4.78, 5) is 0. The number of alkyl halides is 3. The van der Waals surface area contributed by atoms with Crippen LogP contribution in [0.5, 0.6) is 0 Å². The minimum atomic E-state index is -4.37. The molecule has 0 aliphatic rings. The van der Waals surface area contributed by atoms with Gasteiger partial charge in [0.25, 0.3) is 0 Å². The zero-order chi connectivity index (χ0) is 23.6. The maximum atomic E-state index is 12.9. The normalized spacial score (nSPS) is 12.9. The number of imidazole rings is 1. The van der Waals surface area contributed by atoms with Gasteiger partial charge in [0.2, 0.25) is 5.62 Å². The monoisotopic (exact) mass is 453 g/mol. The number of hydrogen-bond donors (Lipinski definition) is 1. The van der Waals surface area contributed by atoms with E-state index in [1.165, 1.54) is 17.7 Å². The molecule has 0 amide bonds. The number of ether oxygens (including phenoxy) is 1. The van der Waals surface area contributed by atoms with Gasteiger partial charge in [-0.1, -0.05) is 54.1 Å². The summed E-state index contributed by atoms with van der Waals surface area (Å²) < 4.78 is 48.1. The zero-order valence-electron chi connectivity index (χ0n) is 18.6. The van der Waals surface area contributed by atoms with Crippen LogP contribution in [-0.4, -0.2) is 22.9 Å². The number of halogens is 3. The first-order valence-corrected chi connectivity index (χ1v) is 10.7. The summed E-state index contributed by atoms with van der Waals surface area (Å²) in [6, 6.07) is 21.1. The second kappa shape index (κ2) is 9.27. The van der Waals surface area contributed by atoms with E-state index in [9.17, 15) is 13.2 Å². The van der Waals surface area contributed by atoms with E-state index in [4.69, 9.17) is 10.1 Å². The van der Waals surface area contributed by atoms with Crippen LogP contribution in [-0.2, 0) is 23.9 Å². The Morgan fingerprint density at radius 3 is 2.09 bits per heavy atom. The first-order valence-electron chi connectivity index (χ1n) is 10.7. The van der Waals surface area contributed by atoms with E-state index in [0.29, 0.717) is 25.1 Å². The highest BCUT2D eigenvalue weighted by Gasteiger charge is 2.30. The van der Waals surface area contributed by atoms with Gasteiger partial charge in [0, 0.05) is 7.11 Å². The van der Waals surface area contributed by atoms with Crippen LogP contribution < -0.4 is 5.62 Å². The molecule has 4 aromatic rings. The maximum Gasteiger partial charge on any atom is 0.416 e. The number of nitrogens with zero attached hydrogens (tertiary/aromatic N) is 2. The average Bonchev–Trinajstić information content (AvgIpc) is 3.06. The van der Waals surface area contributed by atoms with E-state index >= 15 is 0 Å². The Morgan fingerprint density at radius 2 is 1.48 bits per heavy atom. The predicted octanol–water partition coefficient (Wildman–Crippen LogP) is 5.73. The molecule has 0 bridgehead atoms. The van der Waals surface area contributed by atoms with Crippen LogP contribution in [0.25, 0.3) is 11.0 Å². The molecule has 1 atom stereocenters. The van der Waals surface area contributed by atoms with Crippen molar-refractivity contribution < 1.29 is 17.9 Å². The number of fused-ring (bicyclic) bond motifs is 1. The molecule has 7 heteroatoms. The van der Waals surface area contributed by atoms with E-state index in [1.54, 1.807) is 7.11 Å². The lowest BCUT2D eigenvalue weighted by Crippen LogP contribution is -2.31. The molecular formula is C26H26F3N3O. The quantitative estimate of drug-likeness (QED) is 0.382. The molecule has 0 spiro atoms. The highest BCUT2D eigenvalue weighted by molar-refractivity contribution is 5.76. The SMILES string of the molecule is COC[C@H](Cc1ccc(C)cc1)n1c(=N)n(Cc2ccc(C(F)(F)F)cc2)c2ccccc21. The molecule has 0 fully saturated rings. The Morgan fingerprint density at radius 1 is 0.879 bits per heavy atom. The summed E-state index contributed by atoms with van der Waals surface area (Å²) in [7, 11) is 1.65. The number of hydrogen-bond acceptors (Lipinski definition) is 2. The van der Waals surface area contributed by atoms with E-state index in [-0.39, 0.29) is 11.7 Å². The summed E-state index contributed by atoms with van der Waals surface area (Å²) in [6.07, 6.45) is -3.68. The molecule has 4 rings (SSSR count). The van der Waals surface area contributed by atoms with Gasteiger partial charge in [-0.15, -0.1) is 0 Å². The second-order valence-corrected chi connectivity index (χ2v) is 8.26. The van der Waals surface area contributed by atoms with Crippen LogP contribution in [0.2, 0.25) is 0 Å². The summed E-state index contributed by atoms with van der Waals surface area (Å²) in [5.41, 5.74) is 4.38. The number of rotatable bonds is 7. The third kappa shape index (κ3) is 4.88. The average molecular weight is 454 g/mol. The molecule has 0 saturated heterocycles. The number of para-hydroxylation sites is 2. The van der Waals surface area contributed by atoms with Crippen molar-refractivity contribution in [2.45, 2.75) is 32.1 Å². The molecular weight excluding hydrogens is 427 g/mol. The summed E-state index contributed by atoms with van der Waals surface area (Å²) in [5.74, 6) is 0. The number of nitrogens with one attached hydrogen (secondary N) is 1. The van der Waals surface area contributed by atoms with Gasteiger partial charge in [-0.25, -0.2) is 0 Å². The molecule has 0 aliphatic carbocycles. The molecule has 3 aromatic carbocycles. The fourth-order valence-corrected chi connectivity index (χ4v) is 4.18. The molecule has 4 nitrogen and oxygen atoms in total. The van der Waals surface area contributed by atoms with E-state index in [1.807, 2.05) is 40.3 Å². The Kier molecular flexibility index (Phi) is 6.42. The number of methoxy groups -OCH3 is 1. The van der Waals surface area contributed by atoms with Crippen LogP contribution in [0.1, 0.15) is 28.3 Å². The van der Waals surface area contributed by atoms with Gasteiger partial charge in [-0.2, -0.15) is 13.2 Å². The third-order valence-corrected chi connectivity index (χ3v) is 5.85. The van der Waals surface area contributed by atoms with Crippen LogP contribution >= 0.6 is 0 Å². The predicted molar refractivity (Wildman–Crippen MR) is 122 cm³/mol. The Bertz CT molecular complexity index is 1290. The molecule has 172 valence electrons. The van der Waals surface area contributed by atoms with E-state index in [0.717, 1.165) is 28.7 Å². The second-order valence-electron chi connectivity index (χ2n) is 8.26. The molecule has 1 heterocycles. The number of aromatic nitrogens is 2. The van der Waals surface area contributed by atoms with Gasteiger partial charge in [-0.3, -0.25) is 5.41 Å². The lowest BCUT2D eigenvalue weighted by Gasteiger charge is -2.19. The van der Waals surface area contributed by atoms with Gasteiger partial charge >= 0.3 is 6.18 Å². The van der Waals surface area contributed by atoms with Crippen molar-refractivity contribution in [3.05, 3.63) is 101 Å². The Hall–Kier alpha value is -3.32. The third-order valence-electron chi connectivity index (χ3n) is 5.85. The van der Waals surface area contributed by atoms with Crippen LogP contribution in [0.15, 0.2) is 72.8 Å². The highest BCUT2D eigenvalue weighted by Crippen LogP contribution is 2.29. The molecule has 1 aromatic heterocycles. The standard InChI is InChI=1S/C26H26F3N3O/c1-18-7-9-19(10-8-18)15-22(17-33-2)32-24-6-4-3-5-23(24)31(25(32)30)16-20-11-13-21(14-12-20)26(27,28)29/h3-14,22,30H,15-17H2,1-2H3/t22-/m0/s1. The smallest absolute Gasteiger partial charge is 0.383 e. The van der Waals surface area contributed by atoms with Gasteiger partial charge < -0.3 is 13.9 Å². The maximum absolute atomic E-state index is 12.9. The zero-order valence-corrected chi connectivity index (χ0v) is 18.6. The van der Waals surface area contributed by atoms with Crippen molar-refractivity contribution >= 4 is 11.0 Å². The van der Waals surface area contributed by atoms with Crippen molar-refractivity contribution in [2.24, 2.45) is 0 Å². The van der Waals surface area contributed by atoms with Crippen molar-refractivity contribution in [2.75, 3.05) is 13.7 Å². The van der Waals surface area contributed by atoms with Gasteiger partial charge in [0.1, 0.15) is 0 Å². The lowest BCUT2D eigenvalue weighted by molar-refractivity contribution is -0.137. The molecule has 0 saturated carbocycles. The fraction of sp³-hybridized carbons (Fsp3) is 0.269. The molecule has 0 radical (unpaired) electrons. The first-order chi connectivity index (χ1) is 15.8. The first kappa shape index (κ1) is 22.9.